The van der Waals surface area contributed by atoms with Crippen LogP contribution in [0.3, 0.4) is 0 Å². The van der Waals surface area contributed by atoms with Crippen LogP contribution in [0.2, 0.25) is 0 Å². The zero-order valence-corrected chi connectivity index (χ0v) is 21.5. The number of fused-ring (bicyclic) bond motifs is 2. The molecule has 8 heteroatoms. The summed E-state index contributed by atoms with van der Waals surface area (Å²) in [5.41, 5.74) is 9.40. The predicted molar refractivity (Wildman–Crippen MR) is 157 cm³/mol. The Morgan fingerprint density at radius 2 is 1.72 bits per heavy atom. The summed E-state index contributed by atoms with van der Waals surface area (Å²) >= 11 is 1.67. The molecule has 0 bridgehead atoms. The summed E-state index contributed by atoms with van der Waals surface area (Å²) in [5.74, 6) is -0.0807. The van der Waals surface area contributed by atoms with Gasteiger partial charge in [-0.05, 0) is 57.8 Å². The number of aromatic amines is 2. The van der Waals surface area contributed by atoms with Crippen molar-refractivity contribution < 1.29 is 4.79 Å². The lowest BCUT2D eigenvalue weighted by molar-refractivity contribution is -0.115. The molecule has 0 fully saturated rings. The second-order valence-electron chi connectivity index (χ2n) is 9.35. The Morgan fingerprint density at radius 1 is 0.821 bits per heavy atom. The standard InChI is InChI=1S/C31H22N6OS/c38-30(10-19-4-2-1-3-5-19)34-23-11-22(14-32-15-23)20-6-7-27-25(12-20)31(37-36-27)28-13-24-26(21-8-9-39-18-21)16-33-17-29(24)35-28/h1-9,11-18,35H,10H2,(H,34,38)(H,36,37). The lowest BCUT2D eigenvalue weighted by Crippen LogP contribution is -2.14. The third kappa shape index (κ3) is 4.47. The quantitative estimate of drug-likeness (QED) is 0.216. The van der Waals surface area contributed by atoms with Crippen molar-refractivity contribution in [1.29, 1.82) is 0 Å². The van der Waals surface area contributed by atoms with Gasteiger partial charge in [0.2, 0.25) is 5.91 Å². The fourth-order valence-electron chi connectivity index (χ4n) is 4.88. The first-order valence-corrected chi connectivity index (χ1v) is 13.4. The van der Waals surface area contributed by atoms with E-state index < -0.39 is 0 Å². The number of amides is 1. The van der Waals surface area contributed by atoms with Crippen LogP contribution in [-0.2, 0) is 11.2 Å². The van der Waals surface area contributed by atoms with Crippen LogP contribution in [0.5, 0.6) is 0 Å². The number of anilines is 1. The zero-order chi connectivity index (χ0) is 26.2. The normalized spacial score (nSPS) is 11.3. The third-order valence-electron chi connectivity index (χ3n) is 6.76. The Hall–Kier alpha value is -5.08. The van der Waals surface area contributed by atoms with Gasteiger partial charge in [-0.1, -0.05) is 36.4 Å². The third-order valence-corrected chi connectivity index (χ3v) is 7.44. The fraction of sp³-hybridized carbons (Fsp3) is 0.0323. The summed E-state index contributed by atoms with van der Waals surface area (Å²) in [7, 11) is 0. The average Bonchev–Trinajstić information content (AvgIpc) is 3.73. The van der Waals surface area contributed by atoms with E-state index in [2.05, 4.69) is 59.4 Å². The molecular weight excluding hydrogens is 504 g/mol. The highest BCUT2D eigenvalue weighted by Crippen LogP contribution is 2.35. The largest absolute Gasteiger partial charge is 0.352 e. The molecule has 0 aliphatic heterocycles. The molecule has 3 N–H and O–H groups in total. The fourth-order valence-corrected chi connectivity index (χ4v) is 5.53. The minimum atomic E-state index is -0.0807. The van der Waals surface area contributed by atoms with Crippen LogP contribution in [-0.4, -0.2) is 31.1 Å². The van der Waals surface area contributed by atoms with E-state index in [0.29, 0.717) is 12.1 Å². The molecule has 5 aromatic heterocycles. The Labute approximate surface area is 227 Å². The molecule has 7 nitrogen and oxygen atoms in total. The number of carbonyl (C=O) groups excluding carboxylic acids is 1. The first kappa shape index (κ1) is 23.1. The highest BCUT2D eigenvalue weighted by atomic mass is 32.1. The maximum atomic E-state index is 12.6. The van der Waals surface area contributed by atoms with E-state index >= 15 is 0 Å². The molecule has 7 rings (SSSR count). The molecule has 0 aliphatic rings. The molecule has 0 saturated heterocycles. The molecule has 0 aliphatic carbocycles. The van der Waals surface area contributed by atoms with Crippen LogP contribution in [0.15, 0.2) is 102 Å². The smallest absolute Gasteiger partial charge is 0.228 e. The zero-order valence-electron chi connectivity index (χ0n) is 20.7. The summed E-state index contributed by atoms with van der Waals surface area (Å²) < 4.78 is 0. The number of nitrogens with one attached hydrogen (secondary N) is 3. The van der Waals surface area contributed by atoms with Crippen LogP contribution in [0.1, 0.15) is 5.56 Å². The van der Waals surface area contributed by atoms with E-state index in [1.807, 2.05) is 60.9 Å². The van der Waals surface area contributed by atoms with Crippen LogP contribution in [0.4, 0.5) is 5.69 Å². The topological polar surface area (TPSA) is 99.3 Å². The van der Waals surface area contributed by atoms with Gasteiger partial charge in [-0.3, -0.25) is 19.9 Å². The highest BCUT2D eigenvalue weighted by molar-refractivity contribution is 7.08. The molecule has 0 saturated carbocycles. The number of hydrogen-bond donors (Lipinski definition) is 3. The maximum Gasteiger partial charge on any atom is 0.228 e. The van der Waals surface area contributed by atoms with Gasteiger partial charge in [-0.25, -0.2) is 0 Å². The maximum absolute atomic E-state index is 12.6. The number of thiophene rings is 1. The molecule has 2 aromatic carbocycles. The van der Waals surface area contributed by atoms with Gasteiger partial charge in [-0.2, -0.15) is 16.4 Å². The minimum absolute atomic E-state index is 0.0807. The molecule has 39 heavy (non-hydrogen) atoms. The number of rotatable bonds is 6. The first-order chi connectivity index (χ1) is 19.2. The summed E-state index contributed by atoms with van der Waals surface area (Å²) in [4.78, 5) is 24.9. The van der Waals surface area contributed by atoms with Crippen molar-refractivity contribution in [3.05, 3.63) is 108 Å². The van der Waals surface area contributed by atoms with Gasteiger partial charge in [0.15, 0.2) is 0 Å². The molecular formula is C31H22N6OS. The SMILES string of the molecule is O=C(Cc1ccccc1)Nc1cncc(-c2ccc3[nH]nc(-c4cc5c(-c6ccsc6)cncc5[nH]4)c3c2)c1. The summed E-state index contributed by atoms with van der Waals surface area (Å²) in [6, 6.07) is 22.0. The number of H-pyrrole nitrogens is 2. The number of pyridine rings is 2. The van der Waals surface area contributed by atoms with Crippen molar-refractivity contribution in [2.24, 2.45) is 0 Å². The van der Waals surface area contributed by atoms with Crippen molar-refractivity contribution in [3.8, 4) is 33.6 Å². The van der Waals surface area contributed by atoms with E-state index in [9.17, 15) is 4.79 Å². The van der Waals surface area contributed by atoms with E-state index in [0.717, 1.165) is 61.0 Å². The Balaban J connectivity index is 1.21. The number of nitrogens with zero attached hydrogens (tertiary/aromatic N) is 3. The van der Waals surface area contributed by atoms with Gasteiger partial charge in [0.05, 0.1) is 41.2 Å². The van der Waals surface area contributed by atoms with Crippen LogP contribution >= 0.6 is 11.3 Å². The molecule has 1 amide bonds. The van der Waals surface area contributed by atoms with Crippen LogP contribution in [0.25, 0.3) is 55.4 Å². The van der Waals surface area contributed by atoms with Gasteiger partial charge in [0.25, 0.3) is 0 Å². The molecule has 0 radical (unpaired) electrons. The van der Waals surface area contributed by atoms with Crippen molar-refractivity contribution >= 4 is 44.7 Å². The van der Waals surface area contributed by atoms with Gasteiger partial charge in [0, 0.05) is 34.3 Å². The Morgan fingerprint density at radius 3 is 2.59 bits per heavy atom. The molecule has 188 valence electrons. The second-order valence-corrected chi connectivity index (χ2v) is 10.1. The van der Waals surface area contributed by atoms with Crippen molar-refractivity contribution in [3.63, 3.8) is 0 Å². The summed E-state index contributed by atoms with van der Waals surface area (Å²) in [6.45, 7) is 0. The number of benzene rings is 2. The summed E-state index contributed by atoms with van der Waals surface area (Å²) in [5, 5.41) is 17.1. The van der Waals surface area contributed by atoms with Gasteiger partial charge >= 0.3 is 0 Å². The van der Waals surface area contributed by atoms with Crippen molar-refractivity contribution in [1.82, 2.24) is 25.1 Å². The Bertz CT molecular complexity index is 1940. The van der Waals surface area contributed by atoms with E-state index in [1.165, 1.54) is 0 Å². The highest BCUT2D eigenvalue weighted by Gasteiger charge is 2.15. The van der Waals surface area contributed by atoms with Crippen molar-refractivity contribution in [2.75, 3.05) is 5.32 Å². The molecule has 0 unspecified atom stereocenters. The lowest BCUT2D eigenvalue weighted by Gasteiger charge is -2.08. The predicted octanol–water partition coefficient (Wildman–Crippen LogP) is 7.08. The van der Waals surface area contributed by atoms with Crippen molar-refractivity contribution in [2.45, 2.75) is 6.42 Å². The van der Waals surface area contributed by atoms with E-state index in [1.54, 1.807) is 23.7 Å². The van der Waals surface area contributed by atoms with Gasteiger partial charge in [-0.15, -0.1) is 0 Å². The monoisotopic (exact) mass is 526 g/mol. The second kappa shape index (κ2) is 9.66. The lowest BCUT2D eigenvalue weighted by atomic mass is 10.0. The average molecular weight is 527 g/mol. The number of hydrogen-bond acceptors (Lipinski definition) is 5. The molecule has 5 heterocycles. The molecule has 0 atom stereocenters. The number of aromatic nitrogens is 5. The Kier molecular flexibility index (Phi) is 5.71. The number of carbonyl (C=O) groups is 1. The summed E-state index contributed by atoms with van der Waals surface area (Å²) in [6.07, 6.45) is 7.52. The molecule has 7 aromatic rings. The minimum Gasteiger partial charge on any atom is -0.352 e. The van der Waals surface area contributed by atoms with E-state index in [4.69, 9.17) is 0 Å². The molecule has 0 spiro atoms. The van der Waals surface area contributed by atoms with Gasteiger partial charge < -0.3 is 10.3 Å². The van der Waals surface area contributed by atoms with Crippen LogP contribution in [0, 0.1) is 0 Å². The van der Waals surface area contributed by atoms with Crippen LogP contribution < -0.4 is 5.32 Å². The van der Waals surface area contributed by atoms with Gasteiger partial charge in [0.1, 0.15) is 5.69 Å². The van der Waals surface area contributed by atoms with E-state index in [-0.39, 0.29) is 5.91 Å². The first-order valence-electron chi connectivity index (χ1n) is 12.5.